The highest BCUT2D eigenvalue weighted by molar-refractivity contribution is 9.11. The molecule has 108 valence electrons. The Bertz CT molecular complexity index is 373. The van der Waals surface area contributed by atoms with Crippen molar-refractivity contribution < 1.29 is 4.74 Å². The normalized spacial score (nSPS) is 12.7. The van der Waals surface area contributed by atoms with Gasteiger partial charge in [0.15, 0.2) is 0 Å². The summed E-state index contributed by atoms with van der Waals surface area (Å²) in [5.74, 6) is 1.63. The number of hydrogen-bond acceptors (Lipinski definition) is 1. The second-order valence-electron chi connectivity index (χ2n) is 4.86. The lowest BCUT2D eigenvalue weighted by Crippen LogP contribution is -2.08. The van der Waals surface area contributed by atoms with Crippen molar-refractivity contribution in [2.45, 2.75) is 51.3 Å². The van der Waals surface area contributed by atoms with Crippen LogP contribution in [0.2, 0.25) is 0 Å². The molecule has 3 heteroatoms. The van der Waals surface area contributed by atoms with Crippen LogP contribution in [0.3, 0.4) is 0 Å². The number of hydrogen-bond donors (Lipinski definition) is 0. The molecule has 0 saturated heterocycles. The molecule has 1 unspecified atom stereocenters. The molecule has 0 aliphatic rings. The zero-order valence-electron chi connectivity index (χ0n) is 12.1. The summed E-state index contributed by atoms with van der Waals surface area (Å²) >= 11 is 7.58. The third kappa shape index (κ3) is 5.11. The van der Waals surface area contributed by atoms with E-state index in [2.05, 4.69) is 63.9 Å². The maximum atomic E-state index is 5.53. The van der Waals surface area contributed by atoms with Crippen LogP contribution >= 0.6 is 31.9 Å². The van der Waals surface area contributed by atoms with Crippen molar-refractivity contribution in [3.05, 3.63) is 28.2 Å². The van der Waals surface area contributed by atoms with E-state index < -0.39 is 0 Å². The highest BCUT2D eigenvalue weighted by Crippen LogP contribution is 2.40. The summed E-state index contributed by atoms with van der Waals surface area (Å²) in [5.41, 5.74) is 1.33. The minimum atomic E-state index is 0.414. The van der Waals surface area contributed by atoms with Gasteiger partial charge in [0.2, 0.25) is 0 Å². The van der Waals surface area contributed by atoms with E-state index in [4.69, 9.17) is 4.74 Å². The number of rotatable bonds is 8. The fourth-order valence-corrected chi connectivity index (χ4v) is 4.26. The molecule has 0 heterocycles. The lowest BCUT2D eigenvalue weighted by atomic mass is 9.91. The summed E-state index contributed by atoms with van der Waals surface area (Å²) in [5, 5.41) is 0. The molecule has 1 aromatic rings. The Hall–Kier alpha value is -0.0200. The third-order valence-electron chi connectivity index (χ3n) is 3.31. The largest absolute Gasteiger partial charge is 0.494 e. The first-order valence-corrected chi connectivity index (χ1v) is 8.91. The van der Waals surface area contributed by atoms with Gasteiger partial charge in [-0.15, -0.1) is 0 Å². The second-order valence-corrected chi connectivity index (χ2v) is 6.70. The van der Waals surface area contributed by atoms with Gasteiger partial charge in [0.05, 0.1) is 6.61 Å². The van der Waals surface area contributed by atoms with Crippen molar-refractivity contribution in [3.63, 3.8) is 0 Å². The van der Waals surface area contributed by atoms with Crippen LogP contribution in [0, 0.1) is 5.92 Å². The second kappa shape index (κ2) is 9.02. The first kappa shape index (κ1) is 17.0. The van der Waals surface area contributed by atoms with Gasteiger partial charge in [-0.05, 0) is 43.4 Å². The van der Waals surface area contributed by atoms with Crippen molar-refractivity contribution in [1.82, 2.24) is 0 Å². The molecule has 0 aliphatic heterocycles. The zero-order chi connectivity index (χ0) is 14.3. The quantitative estimate of drug-likeness (QED) is 0.459. The molecule has 0 bridgehead atoms. The summed E-state index contributed by atoms with van der Waals surface area (Å²) in [6, 6.07) is 6.31. The molecule has 1 atom stereocenters. The summed E-state index contributed by atoms with van der Waals surface area (Å²) in [7, 11) is 0. The van der Waals surface area contributed by atoms with E-state index in [9.17, 15) is 0 Å². The smallest absolute Gasteiger partial charge is 0.120 e. The predicted molar refractivity (Wildman–Crippen MR) is 90.3 cm³/mol. The van der Waals surface area contributed by atoms with Crippen molar-refractivity contribution in [2.24, 2.45) is 5.92 Å². The van der Waals surface area contributed by atoms with E-state index in [-0.39, 0.29) is 0 Å². The van der Waals surface area contributed by atoms with Crippen LogP contribution in [-0.2, 0) is 0 Å². The lowest BCUT2D eigenvalue weighted by molar-refractivity contribution is 0.339. The summed E-state index contributed by atoms with van der Waals surface area (Å²) in [6.45, 7) is 7.23. The molecule has 0 radical (unpaired) electrons. The van der Waals surface area contributed by atoms with Crippen LogP contribution in [0.5, 0.6) is 5.75 Å². The van der Waals surface area contributed by atoms with Crippen molar-refractivity contribution in [1.29, 1.82) is 0 Å². The number of alkyl halides is 1. The fraction of sp³-hybridized carbons (Fsp3) is 0.625. The lowest BCUT2D eigenvalue weighted by Gasteiger charge is -2.23. The van der Waals surface area contributed by atoms with Gasteiger partial charge in [0.25, 0.3) is 0 Å². The van der Waals surface area contributed by atoms with E-state index in [1.165, 1.54) is 31.2 Å². The van der Waals surface area contributed by atoms with Crippen molar-refractivity contribution in [3.8, 4) is 5.75 Å². The maximum Gasteiger partial charge on any atom is 0.120 e. The Morgan fingerprint density at radius 1 is 1.11 bits per heavy atom. The Labute approximate surface area is 134 Å². The molecular formula is C16H24Br2O. The Kier molecular flexibility index (Phi) is 8.08. The summed E-state index contributed by atoms with van der Waals surface area (Å²) in [6.07, 6.45) is 5.01. The van der Waals surface area contributed by atoms with E-state index in [1.54, 1.807) is 0 Å². The molecule has 0 aliphatic carbocycles. The summed E-state index contributed by atoms with van der Waals surface area (Å²) < 4.78 is 6.67. The van der Waals surface area contributed by atoms with Gasteiger partial charge < -0.3 is 4.74 Å². The van der Waals surface area contributed by atoms with Crippen LogP contribution in [-0.4, -0.2) is 6.61 Å². The molecule has 0 aromatic heterocycles. The van der Waals surface area contributed by atoms with Gasteiger partial charge in [-0.3, -0.25) is 0 Å². The maximum absolute atomic E-state index is 5.53. The molecule has 19 heavy (non-hydrogen) atoms. The Morgan fingerprint density at radius 2 is 1.74 bits per heavy atom. The van der Waals surface area contributed by atoms with E-state index in [1.807, 2.05) is 6.92 Å². The van der Waals surface area contributed by atoms with Crippen LogP contribution in [0.4, 0.5) is 0 Å². The number of halogens is 2. The van der Waals surface area contributed by atoms with Gasteiger partial charge in [-0.1, -0.05) is 64.6 Å². The molecule has 0 N–H and O–H groups in total. The average Bonchev–Trinajstić information content (AvgIpc) is 2.38. The van der Waals surface area contributed by atoms with Crippen LogP contribution in [0.25, 0.3) is 0 Å². The molecule has 0 fully saturated rings. The van der Waals surface area contributed by atoms with Crippen LogP contribution < -0.4 is 4.74 Å². The van der Waals surface area contributed by atoms with Crippen molar-refractivity contribution >= 4 is 31.9 Å². The highest BCUT2D eigenvalue weighted by Gasteiger charge is 2.21. The first-order chi connectivity index (χ1) is 9.13. The number of benzene rings is 1. The van der Waals surface area contributed by atoms with Crippen LogP contribution in [0.1, 0.15) is 56.8 Å². The Morgan fingerprint density at radius 3 is 2.21 bits per heavy atom. The molecule has 0 saturated carbocycles. The van der Waals surface area contributed by atoms with Gasteiger partial charge in [-0.2, -0.15) is 0 Å². The molecule has 1 nitrogen and oxygen atoms in total. The van der Waals surface area contributed by atoms with Gasteiger partial charge >= 0.3 is 0 Å². The zero-order valence-corrected chi connectivity index (χ0v) is 15.3. The molecular weight excluding hydrogens is 368 g/mol. The third-order valence-corrected chi connectivity index (χ3v) is 5.24. The van der Waals surface area contributed by atoms with Gasteiger partial charge in [0, 0.05) is 9.30 Å². The molecule has 0 spiro atoms. The van der Waals surface area contributed by atoms with E-state index in [0.29, 0.717) is 17.4 Å². The molecule has 1 rings (SSSR count). The van der Waals surface area contributed by atoms with E-state index in [0.717, 1.165) is 10.2 Å². The summed E-state index contributed by atoms with van der Waals surface area (Å²) in [4.78, 5) is 0.414. The van der Waals surface area contributed by atoms with Gasteiger partial charge in [0.1, 0.15) is 5.75 Å². The van der Waals surface area contributed by atoms with Gasteiger partial charge in [-0.25, -0.2) is 0 Å². The SMILES string of the molecule is CCCC(CCC)C(Br)c1ccc(OCC)cc1Br. The molecule has 1 aromatic carbocycles. The topological polar surface area (TPSA) is 9.23 Å². The average molecular weight is 392 g/mol. The minimum Gasteiger partial charge on any atom is -0.494 e. The fourth-order valence-electron chi connectivity index (χ4n) is 2.42. The number of ether oxygens (including phenoxy) is 1. The highest BCUT2D eigenvalue weighted by atomic mass is 79.9. The standard InChI is InChI=1S/C16H24Br2O/c1-4-7-12(8-5-2)16(18)14-10-9-13(19-6-3)11-15(14)17/h9-12,16H,4-8H2,1-3H3. The molecule has 0 amide bonds. The monoisotopic (exact) mass is 390 g/mol. The Balaban J connectivity index is 2.87. The predicted octanol–water partition coefficient (Wildman–Crippen LogP) is 6.50. The minimum absolute atomic E-state index is 0.414. The van der Waals surface area contributed by atoms with Crippen LogP contribution in [0.15, 0.2) is 22.7 Å². The van der Waals surface area contributed by atoms with E-state index >= 15 is 0 Å². The van der Waals surface area contributed by atoms with Crippen molar-refractivity contribution in [2.75, 3.05) is 6.61 Å². The first-order valence-electron chi connectivity index (χ1n) is 7.20.